The van der Waals surface area contributed by atoms with Crippen molar-refractivity contribution < 1.29 is 26.8 Å². The van der Waals surface area contributed by atoms with Gasteiger partial charge in [0.25, 0.3) is 0 Å². The lowest BCUT2D eigenvalue weighted by molar-refractivity contribution is -0.836. The maximum atomic E-state index is 2.08. The summed E-state index contributed by atoms with van der Waals surface area (Å²) in [6.07, 6.45) is 0. The standard InChI is InChI=1S/2C3H9N.C2H6.BrH/c2*1-4(2)3;1-2;/h2*1-3H3;1-2H3;1H/p+1. The molecule has 0 aromatic heterocycles. The van der Waals surface area contributed by atoms with Gasteiger partial charge in [-0.05, 0) is 0 Å². The van der Waals surface area contributed by atoms with Crippen molar-refractivity contribution in [3.8, 4) is 0 Å². The van der Waals surface area contributed by atoms with Crippen molar-refractivity contribution in [1.82, 2.24) is 0 Å². The molecule has 3 heteroatoms. The maximum Gasteiger partial charge on any atom is 0.0661 e. The molecule has 0 aliphatic rings. The van der Waals surface area contributed by atoms with E-state index in [4.69, 9.17) is 0 Å². The van der Waals surface area contributed by atoms with Crippen LogP contribution in [0.4, 0.5) is 0 Å². The van der Waals surface area contributed by atoms with E-state index in [0.29, 0.717) is 0 Å². The van der Waals surface area contributed by atoms with Crippen LogP contribution >= 0.6 is 0 Å². The topological polar surface area (TPSA) is 8.88 Å². The van der Waals surface area contributed by atoms with Crippen LogP contribution in [0.2, 0.25) is 0 Å². The average molecular weight is 230 g/mol. The molecule has 0 rings (SSSR count). The molecule has 0 saturated heterocycles. The van der Waals surface area contributed by atoms with Gasteiger partial charge in [-0.1, -0.05) is 13.8 Å². The van der Waals surface area contributed by atoms with Gasteiger partial charge in [-0.25, -0.2) is 0 Å². The van der Waals surface area contributed by atoms with Crippen molar-refractivity contribution in [3.63, 3.8) is 0 Å². The maximum absolute atomic E-state index is 2.08. The Morgan fingerprint density at radius 2 is 0.545 bits per heavy atom. The van der Waals surface area contributed by atoms with Crippen molar-refractivity contribution in [2.24, 2.45) is 0 Å². The molecule has 2 N–H and O–H groups in total. The summed E-state index contributed by atoms with van der Waals surface area (Å²) in [5.41, 5.74) is 0. The lowest BCUT2D eigenvalue weighted by atomic mass is 11.0. The molecule has 0 aliphatic heterocycles. The van der Waals surface area contributed by atoms with Crippen molar-refractivity contribution in [1.29, 1.82) is 0 Å². The van der Waals surface area contributed by atoms with Gasteiger partial charge in [0, 0.05) is 0 Å². The highest BCUT2D eigenvalue weighted by atomic mass is 79.9. The lowest BCUT2D eigenvalue weighted by Crippen LogP contribution is -3.02. The summed E-state index contributed by atoms with van der Waals surface area (Å²) in [7, 11) is 12.5. The number of rotatable bonds is 0. The number of hydrogen-bond donors (Lipinski definition) is 2. The van der Waals surface area contributed by atoms with Crippen molar-refractivity contribution in [2.75, 3.05) is 42.3 Å². The van der Waals surface area contributed by atoms with Gasteiger partial charge >= 0.3 is 0 Å². The molecule has 0 aromatic carbocycles. The first-order valence-electron chi connectivity index (χ1n) is 4.00. The van der Waals surface area contributed by atoms with Crippen LogP contribution in [-0.4, -0.2) is 42.3 Å². The Morgan fingerprint density at radius 3 is 0.545 bits per heavy atom. The van der Waals surface area contributed by atoms with Gasteiger partial charge in [-0.15, -0.1) is 0 Å². The van der Waals surface area contributed by atoms with Crippen LogP contribution < -0.4 is 26.8 Å². The van der Waals surface area contributed by atoms with E-state index in [1.165, 1.54) is 9.80 Å². The average Bonchev–Trinajstić information content (AvgIpc) is 1.66. The Bertz CT molecular complexity index is 27.6. The van der Waals surface area contributed by atoms with E-state index >= 15 is 0 Å². The lowest BCUT2D eigenvalue weighted by Gasteiger charge is -1.88. The van der Waals surface area contributed by atoms with Crippen molar-refractivity contribution >= 4 is 0 Å². The van der Waals surface area contributed by atoms with Gasteiger partial charge in [-0.3, -0.25) is 0 Å². The van der Waals surface area contributed by atoms with E-state index < -0.39 is 0 Å². The minimum Gasteiger partial charge on any atom is -1.00 e. The second-order valence-corrected chi connectivity index (χ2v) is 3.00. The third-order valence-electron chi connectivity index (χ3n) is 0. The largest absolute Gasteiger partial charge is 1.00 e. The molecule has 0 atom stereocenters. The molecule has 0 aromatic rings. The summed E-state index contributed by atoms with van der Waals surface area (Å²) < 4.78 is 0. The molecule has 0 amide bonds. The highest BCUT2D eigenvalue weighted by Crippen LogP contribution is 1.14. The van der Waals surface area contributed by atoms with Crippen LogP contribution in [0.25, 0.3) is 0 Å². The molecule has 0 aliphatic carbocycles. The molecule has 0 spiro atoms. The van der Waals surface area contributed by atoms with Gasteiger partial charge in [0.05, 0.1) is 42.3 Å². The fourth-order valence-electron chi connectivity index (χ4n) is 0. The second-order valence-electron chi connectivity index (χ2n) is 3.00. The van der Waals surface area contributed by atoms with E-state index in [1.54, 1.807) is 0 Å². The highest BCUT2D eigenvalue weighted by Gasteiger charge is 1.61. The summed E-state index contributed by atoms with van der Waals surface area (Å²) in [5.74, 6) is 0. The molecular formula is C8H26BrN2+. The quantitative estimate of drug-likeness (QED) is 0.415. The number of hydrogen-bond acceptors (Lipinski definition) is 0. The Labute approximate surface area is 83.3 Å². The smallest absolute Gasteiger partial charge is 0.0661 e. The molecule has 74 valence electrons. The first-order chi connectivity index (χ1) is 4.46. The third kappa shape index (κ3) is 4590. The summed E-state index contributed by atoms with van der Waals surface area (Å²) in [4.78, 5) is 2.83. The van der Waals surface area contributed by atoms with Crippen LogP contribution in [0.1, 0.15) is 13.8 Å². The van der Waals surface area contributed by atoms with Crippen LogP contribution in [-0.2, 0) is 0 Å². The Morgan fingerprint density at radius 1 is 0.545 bits per heavy atom. The van der Waals surface area contributed by atoms with Gasteiger partial charge in [0.1, 0.15) is 0 Å². The minimum absolute atomic E-state index is 0. The van der Waals surface area contributed by atoms with Gasteiger partial charge in [0.15, 0.2) is 0 Å². The molecule has 0 bridgehead atoms. The number of nitrogens with one attached hydrogen (secondary N) is 2. The minimum atomic E-state index is 0. The fraction of sp³-hybridized carbons (Fsp3) is 1.00. The first-order valence-corrected chi connectivity index (χ1v) is 4.00. The Balaban J connectivity index is -0.0000000339. The molecule has 11 heavy (non-hydrogen) atoms. The summed E-state index contributed by atoms with van der Waals surface area (Å²) in [6, 6.07) is 0. The molecular weight excluding hydrogens is 204 g/mol. The van der Waals surface area contributed by atoms with Crippen molar-refractivity contribution in [2.45, 2.75) is 13.8 Å². The van der Waals surface area contributed by atoms with Gasteiger partial charge in [-0.2, -0.15) is 0 Å². The van der Waals surface area contributed by atoms with E-state index in [0.717, 1.165) is 0 Å². The van der Waals surface area contributed by atoms with E-state index in [2.05, 4.69) is 42.3 Å². The normalized spacial score (nSPS) is 7.09. The fourth-order valence-corrected chi connectivity index (χ4v) is 0. The zero-order valence-electron chi connectivity index (χ0n) is 9.38. The third-order valence-corrected chi connectivity index (χ3v) is 0. The zero-order valence-corrected chi connectivity index (χ0v) is 11.0. The van der Waals surface area contributed by atoms with E-state index in [1.807, 2.05) is 13.8 Å². The summed E-state index contributed by atoms with van der Waals surface area (Å²) >= 11 is 0. The molecule has 2 nitrogen and oxygen atoms in total. The predicted octanol–water partition coefficient (Wildman–Crippen LogP) is -4.45. The molecule has 0 heterocycles. The van der Waals surface area contributed by atoms with E-state index in [9.17, 15) is 0 Å². The first kappa shape index (κ1) is 22.5. The van der Waals surface area contributed by atoms with E-state index in [-0.39, 0.29) is 17.0 Å². The van der Waals surface area contributed by atoms with Crippen LogP contribution in [0.15, 0.2) is 0 Å². The second kappa shape index (κ2) is 22.4. The monoisotopic (exact) mass is 229 g/mol. The highest BCUT2D eigenvalue weighted by molar-refractivity contribution is 3.59. The van der Waals surface area contributed by atoms with Gasteiger partial charge in [0.2, 0.25) is 0 Å². The van der Waals surface area contributed by atoms with Gasteiger partial charge < -0.3 is 26.8 Å². The summed E-state index contributed by atoms with van der Waals surface area (Å²) in [5, 5.41) is 0. The molecule has 0 saturated carbocycles. The predicted molar refractivity (Wildman–Crippen MR) is 48.8 cm³/mol. The van der Waals surface area contributed by atoms with Crippen LogP contribution in [0.3, 0.4) is 0 Å². The zero-order chi connectivity index (χ0) is 9.15. The number of quaternary nitrogens is 2. The molecule has 0 fully saturated rings. The number of halogens is 1. The van der Waals surface area contributed by atoms with Crippen molar-refractivity contribution in [3.05, 3.63) is 0 Å². The Kier molecular flexibility index (Phi) is 45.9. The van der Waals surface area contributed by atoms with Crippen LogP contribution in [0, 0.1) is 0 Å². The Hall–Kier alpha value is 0.400. The summed E-state index contributed by atoms with van der Waals surface area (Å²) in [6.45, 7) is 4.00. The molecule has 0 unspecified atom stereocenters. The van der Waals surface area contributed by atoms with Crippen LogP contribution in [0.5, 0.6) is 0 Å². The molecule has 0 radical (unpaired) electrons. The SMILES string of the molecule is CC.C[NH+](C)C.C[NH+](C)C.[Br-].